The van der Waals surface area contributed by atoms with Gasteiger partial charge in [0.1, 0.15) is 22.9 Å². The number of fused-ring (bicyclic) bond motifs is 5. The Bertz CT molecular complexity index is 1780. The van der Waals surface area contributed by atoms with E-state index in [0.29, 0.717) is 68.9 Å². The highest BCUT2D eigenvalue weighted by atomic mass is 16.5. The number of carbonyl (C=O) groups is 2. The molecule has 0 aliphatic carbocycles. The number of imidazole rings is 2. The summed E-state index contributed by atoms with van der Waals surface area (Å²) >= 11 is 0. The van der Waals surface area contributed by atoms with Gasteiger partial charge in [-0.25, -0.2) is 15.0 Å². The van der Waals surface area contributed by atoms with Crippen molar-refractivity contribution in [3.8, 4) is 17.1 Å². The molecule has 0 saturated heterocycles. The van der Waals surface area contributed by atoms with E-state index in [0.717, 1.165) is 41.4 Å². The quantitative estimate of drug-likeness (QED) is 0.301. The Hall–Kier alpha value is -5.06. The molecule has 1 aromatic carbocycles. The predicted octanol–water partition coefficient (Wildman–Crippen LogP) is 4.31. The minimum atomic E-state index is -0.0833. The van der Waals surface area contributed by atoms with Gasteiger partial charge in [-0.1, -0.05) is 18.2 Å². The van der Waals surface area contributed by atoms with Gasteiger partial charge >= 0.3 is 0 Å². The van der Waals surface area contributed by atoms with Gasteiger partial charge in [0, 0.05) is 76.3 Å². The van der Waals surface area contributed by atoms with E-state index >= 15 is 0 Å². The number of ether oxygens (including phenoxy) is 1. The molecule has 2 bridgehead atoms. The first-order chi connectivity index (χ1) is 22.0. The maximum Gasteiger partial charge on any atom is 0.256 e. The fraction of sp³-hybridized carbons (Fsp3) is 0.353. The minimum absolute atomic E-state index is 0.0611. The number of amides is 2. The molecule has 11 heteroatoms. The van der Waals surface area contributed by atoms with Crippen LogP contribution in [0.15, 0.2) is 73.4 Å². The number of rotatable bonds is 3. The zero-order chi connectivity index (χ0) is 31.2. The van der Waals surface area contributed by atoms with Gasteiger partial charge in [-0.15, -0.1) is 0 Å². The van der Waals surface area contributed by atoms with Gasteiger partial charge in [0.2, 0.25) is 5.91 Å². The van der Waals surface area contributed by atoms with Crippen molar-refractivity contribution in [1.82, 2.24) is 38.9 Å². The van der Waals surface area contributed by atoms with Crippen LogP contribution in [0.1, 0.15) is 41.0 Å². The number of nitrogens with zero attached hydrogens (tertiary/aromatic N) is 8. The molecule has 11 nitrogen and oxygen atoms in total. The minimum Gasteiger partial charge on any atom is -0.494 e. The molecule has 0 N–H and O–H groups in total. The molecule has 1 aliphatic rings. The van der Waals surface area contributed by atoms with Crippen LogP contribution < -0.4 is 4.74 Å². The molecule has 0 spiro atoms. The summed E-state index contributed by atoms with van der Waals surface area (Å²) in [5.41, 5.74) is 3.66. The van der Waals surface area contributed by atoms with E-state index in [1.165, 1.54) is 0 Å². The third-order valence-corrected chi connectivity index (χ3v) is 8.30. The van der Waals surface area contributed by atoms with Crippen molar-refractivity contribution in [2.45, 2.75) is 39.2 Å². The highest BCUT2D eigenvalue weighted by molar-refractivity contribution is 6.04. The first kappa shape index (κ1) is 30.0. The third-order valence-electron chi connectivity index (χ3n) is 8.30. The molecule has 0 unspecified atom stereocenters. The van der Waals surface area contributed by atoms with Crippen molar-refractivity contribution in [3.63, 3.8) is 0 Å². The number of pyridine rings is 2. The summed E-state index contributed by atoms with van der Waals surface area (Å²) in [6, 6.07) is 13.4. The van der Waals surface area contributed by atoms with Gasteiger partial charge in [-0.3, -0.25) is 14.6 Å². The van der Waals surface area contributed by atoms with Crippen molar-refractivity contribution < 1.29 is 14.3 Å². The van der Waals surface area contributed by atoms with Crippen LogP contribution in [0, 0.1) is 6.92 Å². The number of carbonyl (C=O) groups excluding carboxylic acids is 2. The van der Waals surface area contributed by atoms with Gasteiger partial charge in [0.25, 0.3) is 5.91 Å². The fourth-order valence-electron chi connectivity index (χ4n) is 5.75. The normalized spacial score (nSPS) is 14.9. The largest absolute Gasteiger partial charge is 0.494 e. The molecule has 2 amide bonds. The van der Waals surface area contributed by atoms with E-state index in [9.17, 15) is 9.59 Å². The topological polar surface area (TPSA) is 111 Å². The lowest BCUT2D eigenvalue weighted by Gasteiger charge is -2.26. The first-order valence-corrected chi connectivity index (χ1v) is 15.5. The molecule has 0 saturated carbocycles. The Labute approximate surface area is 262 Å². The number of benzene rings is 1. The van der Waals surface area contributed by atoms with Crippen LogP contribution in [0.25, 0.3) is 22.6 Å². The zero-order valence-corrected chi connectivity index (χ0v) is 25.8. The molecule has 45 heavy (non-hydrogen) atoms. The maximum atomic E-state index is 14.1. The van der Waals surface area contributed by atoms with Crippen molar-refractivity contribution in [2.75, 3.05) is 32.8 Å². The highest BCUT2D eigenvalue weighted by Gasteiger charge is 2.22. The molecule has 6 rings (SSSR count). The summed E-state index contributed by atoms with van der Waals surface area (Å²) < 4.78 is 10.1. The van der Waals surface area contributed by atoms with E-state index in [1.54, 1.807) is 30.9 Å². The number of aryl methyl sites for hydroxylation is 2. The Kier molecular flexibility index (Phi) is 9.14. The van der Waals surface area contributed by atoms with Crippen LogP contribution in [0.2, 0.25) is 0 Å². The van der Waals surface area contributed by atoms with Crippen molar-refractivity contribution in [1.29, 1.82) is 0 Å². The second kappa shape index (κ2) is 13.7. The van der Waals surface area contributed by atoms with E-state index < -0.39 is 0 Å². The predicted molar refractivity (Wildman–Crippen MR) is 171 cm³/mol. The van der Waals surface area contributed by atoms with E-state index in [1.807, 2.05) is 70.9 Å². The van der Waals surface area contributed by atoms with Crippen molar-refractivity contribution >= 4 is 23.0 Å². The standard InChI is InChI=1S/C34H38N8O3/c1-25-38-31-29(11-13-36-33(31)39(25)2)34(44)42-16-4-3-15-40(30(43)22-26-8-6-12-35-24-26)17-7-21-45-28-10-5-9-27(23-28)32-37-14-18-41(32)19-20-42/h5-6,8-14,18,23-24H,3-4,7,15-17,19-22H2,1-2H3. The van der Waals surface area contributed by atoms with Crippen molar-refractivity contribution in [2.24, 2.45) is 7.05 Å². The smallest absolute Gasteiger partial charge is 0.256 e. The molecule has 0 atom stereocenters. The van der Waals surface area contributed by atoms with Crippen LogP contribution in [-0.2, 0) is 24.8 Å². The molecule has 232 valence electrons. The third kappa shape index (κ3) is 6.87. The Morgan fingerprint density at radius 1 is 0.889 bits per heavy atom. The molecular formula is C34H38N8O3. The Morgan fingerprint density at radius 2 is 1.73 bits per heavy atom. The molecule has 5 aromatic rings. The average Bonchev–Trinajstić information content (AvgIpc) is 3.65. The summed E-state index contributed by atoms with van der Waals surface area (Å²) in [7, 11) is 1.91. The fourth-order valence-corrected chi connectivity index (χ4v) is 5.75. The van der Waals surface area contributed by atoms with E-state index in [-0.39, 0.29) is 11.8 Å². The first-order valence-electron chi connectivity index (χ1n) is 15.5. The monoisotopic (exact) mass is 606 g/mol. The van der Waals surface area contributed by atoms with Gasteiger partial charge in [-0.05, 0) is 56.0 Å². The highest BCUT2D eigenvalue weighted by Crippen LogP contribution is 2.24. The second-order valence-electron chi connectivity index (χ2n) is 11.3. The second-order valence-corrected chi connectivity index (χ2v) is 11.3. The van der Waals surface area contributed by atoms with Crippen molar-refractivity contribution in [3.05, 3.63) is 90.4 Å². The van der Waals surface area contributed by atoms with Crippen LogP contribution >= 0.6 is 0 Å². The molecular weight excluding hydrogens is 568 g/mol. The van der Waals surface area contributed by atoms with Gasteiger partial charge in [-0.2, -0.15) is 0 Å². The number of aromatic nitrogens is 6. The van der Waals surface area contributed by atoms with Crippen LogP contribution in [-0.4, -0.2) is 83.5 Å². The summed E-state index contributed by atoms with van der Waals surface area (Å²) in [6.07, 6.45) is 11.3. The molecule has 4 aromatic heterocycles. The van der Waals surface area contributed by atoms with Crippen LogP contribution in [0.4, 0.5) is 0 Å². The summed E-state index contributed by atoms with van der Waals surface area (Å²) in [6.45, 7) is 5.18. The summed E-state index contributed by atoms with van der Waals surface area (Å²) in [4.78, 5) is 49.2. The molecule has 0 fully saturated rings. The Balaban J connectivity index is 1.26. The lowest BCUT2D eigenvalue weighted by molar-refractivity contribution is -0.130. The summed E-state index contributed by atoms with van der Waals surface area (Å²) in [5.74, 6) is 2.35. The van der Waals surface area contributed by atoms with Crippen LogP contribution in [0.3, 0.4) is 0 Å². The van der Waals surface area contributed by atoms with E-state index in [2.05, 4.69) is 24.5 Å². The van der Waals surface area contributed by atoms with Gasteiger partial charge < -0.3 is 23.7 Å². The van der Waals surface area contributed by atoms with Gasteiger partial charge in [0.05, 0.1) is 18.6 Å². The maximum absolute atomic E-state index is 14.1. The molecule has 1 aliphatic heterocycles. The average molecular weight is 607 g/mol. The van der Waals surface area contributed by atoms with E-state index in [4.69, 9.17) is 4.74 Å². The lowest BCUT2D eigenvalue weighted by Crippen LogP contribution is -2.37. The molecule has 5 heterocycles. The SMILES string of the molecule is Cc1nc2c(C(=O)N3CCCCN(C(=O)Cc4cccnc4)CCCOc4cccc(c4)-c4nccn4CC3)ccnc2n1C. The summed E-state index contributed by atoms with van der Waals surface area (Å²) in [5, 5.41) is 0. The molecule has 0 radical (unpaired) electrons. The lowest BCUT2D eigenvalue weighted by atomic mass is 10.1. The zero-order valence-electron chi connectivity index (χ0n) is 25.8. The Morgan fingerprint density at radius 3 is 2.58 bits per heavy atom. The number of hydrogen-bond donors (Lipinski definition) is 0. The van der Waals surface area contributed by atoms with Gasteiger partial charge in [0.15, 0.2) is 5.65 Å². The van der Waals surface area contributed by atoms with Crippen LogP contribution in [0.5, 0.6) is 5.75 Å². The number of hydrogen-bond acceptors (Lipinski definition) is 7.